The molecule has 19 heavy (non-hydrogen) atoms. The van der Waals surface area contributed by atoms with Crippen molar-refractivity contribution in [2.24, 2.45) is 0 Å². The summed E-state index contributed by atoms with van der Waals surface area (Å²) in [4.78, 5) is 21.0. The smallest absolute Gasteiger partial charge is 0.270 e. The van der Waals surface area contributed by atoms with Gasteiger partial charge in [-0.1, -0.05) is 15.9 Å². The van der Waals surface area contributed by atoms with Crippen LogP contribution >= 0.6 is 15.9 Å². The molecule has 0 radical (unpaired) electrons. The molecule has 0 bridgehead atoms. The van der Waals surface area contributed by atoms with Gasteiger partial charge in [0.05, 0.1) is 10.5 Å². The largest absolute Gasteiger partial charge is 0.457 e. The Morgan fingerprint density at radius 1 is 1.16 bits per heavy atom. The number of nitro groups is 1. The highest BCUT2D eigenvalue weighted by Gasteiger charge is 2.11. The lowest BCUT2D eigenvalue weighted by Crippen LogP contribution is -1.94. The molecule has 96 valence electrons. The number of aldehydes is 1. The molecule has 0 saturated carbocycles. The van der Waals surface area contributed by atoms with Gasteiger partial charge in [0.1, 0.15) is 11.5 Å². The maximum absolute atomic E-state index is 10.9. The van der Waals surface area contributed by atoms with Crippen molar-refractivity contribution in [1.29, 1.82) is 0 Å². The minimum absolute atomic E-state index is 0.136. The van der Waals surface area contributed by atoms with E-state index in [1.165, 1.54) is 18.2 Å². The van der Waals surface area contributed by atoms with Crippen LogP contribution in [0.3, 0.4) is 0 Å². The summed E-state index contributed by atoms with van der Waals surface area (Å²) in [5.41, 5.74) is -0.0117. The molecule has 0 unspecified atom stereocenters. The van der Waals surface area contributed by atoms with E-state index in [2.05, 4.69) is 15.9 Å². The standard InChI is InChI=1S/C13H8BrNO4/c14-10-1-4-12(5-2-10)19-13-6-3-11(15(17)18)7-9(13)8-16/h1-8H. The van der Waals surface area contributed by atoms with E-state index in [9.17, 15) is 14.9 Å². The van der Waals surface area contributed by atoms with Gasteiger partial charge in [-0.3, -0.25) is 14.9 Å². The van der Waals surface area contributed by atoms with E-state index in [1.807, 2.05) is 0 Å². The first-order valence-electron chi connectivity index (χ1n) is 5.27. The molecule has 0 spiro atoms. The zero-order valence-electron chi connectivity index (χ0n) is 9.58. The van der Waals surface area contributed by atoms with Crippen LogP contribution in [0.25, 0.3) is 0 Å². The second-order valence-electron chi connectivity index (χ2n) is 3.65. The van der Waals surface area contributed by atoms with Gasteiger partial charge in [-0.25, -0.2) is 0 Å². The number of carbonyl (C=O) groups is 1. The molecule has 0 fully saturated rings. The molecule has 0 aliphatic heterocycles. The molecule has 0 aromatic heterocycles. The van der Waals surface area contributed by atoms with Gasteiger partial charge in [-0.15, -0.1) is 0 Å². The lowest BCUT2D eigenvalue weighted by atomic mass is 10.2. The van der Waals surface area contributed by atoms with Gasteiger partial charge in [0, 0.05) is 16.6 Å². The van der Waals surface area contributed by atoms with E-state index < -0.39 is 4.92 Å². The van der Waals surface area contributed by atoms with Crippen LogP contribution in [-0.2, 0) is 0 Å². The number of hydrogen-bond acceptors (Lipinski definition) is 4. The summed E-state index contributed by atoms with van der Waals surface area (Å²) in [7, 11) is 0. The highest BCUT2D eigenvalue weighted by Crippen LogP contribution is 2.28. The second-order valence-corrected chi connectivity index (χ2v) is 4.57. The number of carbonyl (C=O) groups excluding carboxylic acids is 1. The molecule has 0 aliphatic carbocycles. The minimum atomic E-state index is -0.559. The number of hydrogen-bond donors (Lipinski definition) is 0. The topological polar surface area (TPSA) is 69.4 Å². The van der Waals surface area contributed by atoms with Gasteiger partial charge in [0.2, 0.25) is 0 Å². The van der Waals surface area contributed by atoms with Gasteiger partial charge in [-0.2, -0.15) is 0 Å². The van der Waals surface area contributed by atoms with Crippen molar-refractivity contribution in [3.05, 3.63) is 62.6 Å². The van der Waals surface area contributed by atoms with E-state index >= 15 is 0 Å². The molecular weight excluding hydrogens is 314 g/mol. The lowest BCUT2D eigenvalue weighted by molar-refractivity contribution is -0.384. The van der Waals surface area contributed by atoms with Crippen molar-refractivity contribution in [3.8, 4) is 11.5 Å². The Hall–Kier alpha value is -2.21. The first kappa shape index (κ1) is 13.2. The van der Waals surface area contributed by atoms with Crippen LogP contribution in [0.15, 0.2) is 46.9 Å². The number of non-ortho nitro benzene ring substituents is 1. The van der Waals surface area contributed by atoms with Gasteiger partial charge in [0.15, 0.2) is 6.29 Å². The molecule has 5 nitrogen and oxygen atoms in total. The number of rotatable bonds is 4. The van der Waals surface area contributed by atoms with Crippen LogP contribution in [0, 0.1) is 10.1 Å². The van der Waals surface area contributed by atoms with Gasteiger partial charge >= 0.3 is 0 Å². The molecule has 0 aliphatic rings. The SMILES string of the molecule is O=Cc1cc([N+](=O)[O-])ccc1Oc1ccc(Br)cc1. The van der Waals surface area contributed by atoms with Crippen molar-refractivity contribution in [2.75, 3.05) is 0 Å². The predicted molar refractivity (Wildman–Crippen MR) is 72.7 cm³/mol. The average Bonchev–Trinajstić information content (AvgIpc) is 2.41. The van der Waals surface area contributed by atoms with E-state index in [0.717, 1.165) is 4.47 Å². The zero-order valence-corrected chi connectivity index (χ0v) is 11.2. The van der Waals surface area contributed by atoms with E-state index in [-0.39, 0.29) is 17.0 Å². The summed E-state index contributed by atoms with van der Waals surface area (Å²) < 4.78 is 6.42. The highest BCUT2D eigenvalue weighted by atomic mass is 79.9. The third-order valence-corrected chi connectivity index (χ3v) is 2.90. The predicted octanol–water partition coefficient (Wildman–Crippen LogP) is 3.96. The van der Waals surface area contributed by atoms with Crippen molar-refractivity contribution in [2.45, 2.75) is 0 Å². The fourth-order valence-corrected chi connectivity index (χ4v) is 1.73. The summed E-state index contributed by atoms with van der Waals surface area (Å²) in [6, 6.07) is 10.9. The first-order chi connectivity index (χ1) is 9.10. The molecule has 0 amide bonds. The monoisotopic (exact) mass is 321 g/mol. The van der Waals surface area contributed by atoms with E-state index in [4.69, 9.17) is 4.74 Å². The Labute approximate surface area is 117 Å². The Balaban J connectivity index is 2.32. The van der Waals surface area contributed by atoms with Crippen LogP contribution in [0.5, 0.6) is 11.5 Å². The quantitative estimate of drug-likeness (QED) is 0.485. The van der Waals surface area contributed by atoms with Gasteiger partial charge in [-0.05, 0) is 30.3 Å². The molecule has 2 aromatic rings. The number of halogens is 1. The number of ether oxygens (including phenoxy) is 1. The molecule has 0 N–H and O–H groups in total. The number of benzene rings is 2. The highest BCUT2D eigenvalue weighted by molar-refractivity contribution is 9.10. The van der Waals surface area contributed by atoms with Crippen molar-refractivity contribution >= 4 is 27.9 Å². The molecule has 6 heteroatoms. The molecular formula is C13H8BrNO4. The van der Waals surface area contributed by atoms with Crippen LogP contribution in [-0.4, -0.2) is 11.2 Å². The van der Waals surface area contributed by atoms with Crippen molar-refractivity contribution in [1.82, 2.24) is 0 Å². The Morgan fingerprint density at radius 3 is 2.42 bits per heavy atom. The van der Waals surface area contributed by atoms with Crippen molar-refractivity contribution < 1.29 is 14.5 Å². The Kier molecular flexibility index (Phi) is 3.91. The zero-order chi connectivity index (χ0) is 13.8. The normalized spacial score (nSPS) is 9.95. The molecule has 2 aromatic carbocycles. The van der Waals surface area contributed by atoms with Crippen LogP contribution in [0.4, 0.5) is 5.69 Å². The van der Waals surface area contributed by atoms with E-state index in [0.29, 0.717) is 12.0 Å². The Bertz CT molecular complexity index is 625. The van der Waals surface area contributed by atoms with Crippen LogP contribution in [0.2, 0.25) is 0 Å². The maximum atomic E-state index is 10.9. The van der Waals surface area contributed by atoms with Crippen molar-refractivity contribution in [3.63, 3.8) is 0 Å². The number of nitro benzene ring substituents is 1. The molecule has 0 heterocycles. The summed E-state index contributed by atoms with van der Waals surface area (Å²) >= 11 is 3.30. The van der Waals surface area contributed by atoms with Gasteiger partial charge < -0.3 is 4.74 Å². The first-order valence-corrected chi connectivity index (χ1v) is 6.06. The molecule has 2 rings (SSSR count). The minimum Gasteiger partial charge on any atom is -0.457 e. The second kappa shape index (κ2) is 5.62. The number of nitrogens with zero attached hydrogens (tertiary/aromatic N) is 1. The van der Waals surface area contributed by atoms with Crippen LogP contribution < -0.4 is 4.74 Å². The summed E-state index contributed by atoms with van der Waals surface area (Å²) in [5.74, 6) is 0.822. The third-order valence-electron chi connectivity index (χ3n) is 2.37. The van der Waals surface area contributed by atoms with Gasteiger partial charge in [0.25, 0.3) is 5.69 Å². The maximum Gasteiger partial charge on any atom is 0.270 e. The van der Waals surface area contributed by atoms with Crippen LogP contribution in [0.1, 0.15) is 10.4 Å². The Morgan fingerprint density at radius 2 is 1.84 bits per heavy atom. The van der Waals surface area contributed by atoms with E-state index in [1.54, 1.807) is 24.3 Å². The molecule has 0 saturated heterocycles. The third kappa shape index (κ3) is 3.17. The summed E-state index contributed by atoms with van der Waals surface area (Å²) in [6.07, 6.45) is 0.529. The fourth-order valence-electron chi connectivity index (χ4n) is 1.46. The molecule has 0 atom stereocenters. The summed E-state index contributed by atoms with van der Waals surface area (Å²) in [6.45, 7) is 0. The lowest BCUT2D eigenvalue weighted by Gasteiger charge is -2.07. The summed E-state index contributed by atoms with van der Waals surface area (Å²) in [5, 5.41) is 10.6. The average molecular weight is 322 g/mol. The fraction of sp³-hybridized carbons (Fsp3) is 0.